The fraction of sp³-hybridized carbons (Fsp3) is 0.0833. The Kier molecular flexibility index (Phi) is 6.62. The number of hydrogen-bond donors (Lipinski definition) is 1. The molecule has 0 aliphatic rings. The van der Waals surface area contributed by atoms with Crippen LogP contribution in [0.1, 0.15) is 16.7 Å². The first-order valence-electron chi connectivity index (χ1n) is 9.90. The van der Waals surface area contributed by atoms with Crippen molar-refractivity contribution in [1.29, 1.82) is 0 Å². The molecule has 0 aliphatic carbocycles. The van der Waals surface area contributed by atoms with Gasteiger partial charge in [-0.15, -0.1) is 0 Å². The highest BCUT2D eigenvalue weighted by Gasteiger charge is 2.07. The number of benzene rings is 2. The Bertz CT molecular complexity index is 1210. The second kappa shape index (κ2) is 10.1. The fourth-order valence-electron chi connectivity index (χ4n) is 3.02. The van der Waals surface area contributed by atoms with Gasteiger partial charge < -0.3 is 10.1 Å². The largest absolute Gasteiger partial charge is 0.453 e. The van der Waals surface area contributed by atoms with E-state index in [0.717, 1.165) is 11.1 Å². The van der Waals surface area contributed by atoms with Crippen LogP contribution in [0, 0.1) is 5.82 Å². The molecule has 7 nitrogen and oxygen atoms in total. The van der Waals surface area contributed by atoms with Crippen LogP contribution < -0.4 is 10.1 Å². The zero-order valence-electron chi connectivity index (χ0n) is 17.1. The van der Waals surface area contributed by atoms with E-state index < -0.39 is 5.82 Å². The van der Waals surface area contributed by atoms with Crippen molar-refractivity contribution >= 4 is 12.0 Å². The quantitative estimate of drug-likeness (QED) is 0.429. The third-order valence-corrected chi connectivity index (χ3v) is 4.62. The Hall–Kier alpha value is -4.33. The summed E-state index contributed by atoms with van der Waals surface area (Å²) in [5, 5.41) is 6.96. The molecule has 160 valence electrons. The molecule has 8 heteroatoms. The van der Waals surface area contributed by atoms with Gasteiger partial charge in [0.1, 0.15) is 18.4 Å². The standard InChI is InChI=1S/C24H20FN5O2/c25-22-12-18(7-9-23(22)32-21-6-3-11-26-14-21)8-10-24(31)28-13-19-4-1-2-5-20(19)15-30-17-27-16-29-30/h1-12,14,16-17H,13,15H2,(H,28,31)/b10-8+. The molecule has 0 atom stereocenters. The summed E-state index contributed by atoms with van der Waals surface area (Å²) in [6, 6.07) is 15.7. The van der Waals surface area contributed by atoms with Crippen LogP contribution in [0.4, 0.5) is 4.39 Å². The molecule has 1 amide bonds. The number of carbonyl (C=O) groups is 1. The molecule has 1 N–H and O–H groups in total. The first-order chi connectivity index (χ1) is 15.7. The second-order valence-electron chi connectivity index (χ2n) is 6.89. The van der Waals surface area contributed by atoms with Crippen molar-refractivity contribution in [3.05, 3.63) is 108 Å². The summed E-state index contributed by atoms with van der Waals surface area (Å²) in [5.41, 5.74) is 2.56. The fourth-order valence-corrected chi connectivity index (χ4v) is 3.02. The molecule has 0 saturated heterocycles. The lowest BCUT2D eigenvalue weighted by atomic mass is 10.1. The Balaban J connectivity index is 1.34. The molecule has 2 aromatic carbocycles. The van der Waals surface area contributed by atoms with Crippen LogP contribution in [0.5, 0.6) is 11.5 Å². The third-order valence-electron chi connectivity index (χ3n) is 4.62. The van der Waals surface area contributed by atoms with Crippen molar-refractivity contribution in [2.24, 2.45) is 0 Å². The van der Waals surface area contributed by atoms with Crippen LogP contribution in [-0.4, -0.2) is 25.7 Å². The van der Waals surface area contributed by atoms with Gasteiger partial charge in [-0.2, -0.15) is 5.10 Å². The van der Waals surface area contributed by atoms with Crippen molar-refractivity contribution < 1.29 is 13.9 Å². The number of hydrogen-bond acceptors (Lipinski definition) is 5. The summed E-state index contributed by atoms with van der Waals surface area (Å²) in [5.74, 6) is -0.281. The van der Waals surface area contributed by atoms with Crippen molar-refractivity contribution in [2.75, 3.05) is 0 Å². The normalized spacial score (nSPS) is 10.9. The smallest absolute Gasteiger partial charge is 0.244 e. The summed E-state index contributed by atoms with van der Waals surface area (Å²) in [4.78, 5) is 20.1. The van der Waals surface area contributed by atoms with E-state index in [1.165, 1.54) is 30.7 Å². The molecule has 4 rings (SSSR count). The third kappa shape index (κ3) is 5.63. The number of carbonyl (C=O) groups excluding carboxylic acids is 1. The van der Waals surface area contributed by atoms with E-state index in [4.69, 9.17) is 4.74 Å². The van der Waals surface area contributed by atoms with E-state index in [1.54, 1.807) is 41.5 Å². The summed E-state index contributed by atoms with van der Waals surface area (Å²) >= 11 is 0. The molecule has 0 fully saturated rings. The number of halogens is 1. The second-order valence-corrected chi connectivity index (χ2v) is 6.89. The predicted molar refractivity (Wildman–Crippen MR) is 117 cm³/mol. The van der Waals surface area contributed by atoms with Gasteiger partial charge in [0.15, 0.2) is 11.6 Å². The first-order valence-corrected chi connectivity index (χ1v) is 9.90. The molecule has 2 aromatic heterocycles. The van der Waals surface area contributed by atoms with Gasteiger partial charge in [-0.1, -0.05) is 30.3 Å². The maximum Gasteiger partial charge on any atom is 0.244 e. The van der Waals surface area contributed by atoms with E-state index in [9.17, 15) is 9.18 Å². The molecule has 0 radical (unpaired) electrons. The van der Waals surface area contributed by atoms with Crippen molar-refractivity contribution in [3.8, 4) is 11.5 Å². The number of aromatic nitrogens is 4. The van der Waals surface area contributed by atoms with Crippen molar-refractivity contribution in [1.82, 2.24) is 25.1 Å². The molecule has 0 bridgehead atoms. The van der Waals surface area contributed by atoms with E-state index in [1.807, 2.05) is 24.3 Å². The minimum Gasteiger partial charge on any atom is -0.453 e. The van der Waals surface area contributed by atoms with E-state index >= 15 is 0 Å². The number of amides is 1. The van der Waals surface area contributed by atoms with Gasteiger partial charge in [-0.3, -0.25) is 9.78 Å². The summed E-state index contributed by atoms with van der Waals surface area (Å²) in [6.07, 6.45) is 9.16. The van der Waals surface area contributed by atoms with Gasteiger partial charge in [-0.05, 0) is 47.0 Å². The van der Waals surface area contributed by atoms with Crippen molar-refractivity contribution in [2.45, 2.75) is 13.1 Å². The van der Waals surface area contributed by atoms with E-state index in [0.29, 0.717) is 24.4 Å². The Morgan fingerprint density at radius 2 is 1.97 bits per heavy atom. The Labute approximate surface area is 184 Å². The maximum absolute atomic E-state index is 14.3. The monoisotopic (exact) mass is 429 g/mol. The average molecular weight is 429 g/mol. The van der Waals surface area contributed by atoms with Crippen molar-refractivity contribution in [3.63, 3.8) is 0 Å². The van der Waals surface area contributed by atoms with Crippen LogP contribution in [0.2, 0.25) is 0 Å². The summed E-state index contributed by atoms with van der Waals surface area (Å²) < 4.78 is 21.5. The van der Waals surface area contributed by atoms with Gasteiger partial charge in [0.05, 0.1) is 12.7 Å². The summed E-state index contributed by atoms with van der Waals surface area (Å²) in [6.45, 7) is 0.926. The first kappa shape index (κ1) is 20.9. The number of ether oxygens (including phenoxy) is 1. The zero-order valence-corrected chi connectivity index (χ0v) is 17.1. The molecular formula is C24H20FN5O2. The maximum atomic E-state index is 14.3. The molecular weight excluding hydrogens is 409 g/mol. The van der Waals surface area contributed by atoms with Gasteiger partial charge in [0.25, 0.3) is 0 Å². The van der Waals surface area contributed by atoms with Crippen LogP contribution in [-0.2, 0) is 17.9 Å². The molecule has 32 heavy (non-hydrogen) atoms. The van der Waals surface area contributed by atoms with Gasteiger partial charge in [-0.25, -0.2) is 14.1 Å². The number of rotatable bonds is 8. The minimum absolute atomic E-state index is 0.0867. The van der Waals surface area contributed by atoms with Crippen LogP contribution in [0.15, 0.2) is 85.7 Å². The number of nitrogens with zero attached hydrogens (tertiary/aromatic N) is 4. The highest BCUT2D eigenvalue weighted by atomic mass is 19.1. The zero-order chi connectivity index (χ0) is 22.2. The molecule has 0 saturated carbocycles. The average Bonchev–Trinajstić information content (AvgIpc) is 3.32. The van der Waals surface area contributed by atoms with E-state index in [-0.39, 0.29) is 11.7 Å². The van der Waals surface area contributed by atoms with Gasteiger partial charge >= 0.3 is 0 Å². The minimum atomic E-state index is -0.529. The molecule has 2 heterocycles. The SMILES string of the molecule is O=C(/C=C/c1ccc(Oc2cccnc2)c(F)c1)NCc1ccccc1Cn1cncn1. The Morgan fingerprint density at radius 3 is 2.72 bits per heavy atom. The molecule has 0 spiro atoms. The number of pyridine rings is 1. The van der Waals surface area contributed by atoms with Crippen LogP contribution >= 0.6 is 0 Å². The lowest BCUT2D eigenvalue weighted by Gasteiger charge is -2.10. The highest BCUT2D eigenvalue weighted by molar-refractivity contribution is 5.91. The Morgan fingerprint density at radius 1 is 1.09 bits per heavy atom. The predicted octanol–water partition coefficient (Wildman–Crippen LogP) is 3.98. The lowest BCUT2D eigenvalue weighted by molar-refractivity contribution is -0.116. The van der Waals surface area contributed by atoms with Gasteiger partial charge in [0, 0.05) is 18.8 Å². The van der Waals surface area contributed by atoms with E-state index in [2.05, 4.69) is 20.4 Å². The molecule has 0 unspecified atom stereocenters. The molecule has 4 aromatic rings. The summed E-state index contributed by atoms with van der Waals surface area (Å²) in [7, 11) is 0. The lowest BCUT2D eigenvalue weighted by Crippen LogP contribution is -2.21. The van der Waals surface area contributed by atoms with Crippen LogP contribution in [0.3, 0.4) is 0 Å². The number of nitrogens with one attached hydrogen (secondary N) is 1. The van der Waals surface area contributed by atoms with Crippen LogP contribution in [0.25, 0.3) is 6.08 Å². The highest BCUT2D eigenvalue weighted by Crippen LogP contribution is 2.24. The molecule has 0 aliphatic heterocycles. The van der Waals surface area contributed by atoms with Gasteiger partial charge in [0.2, 0.25) is 5.91 Å². The topological polar surface area (TPSA) is 81.9 Å².